The summed E-state index contributed by atoms with van der Waals surface area (Å²) in [5.41, 5.74) is 0.552. The van der Waals surface area contributed by atoms with Crippen molar-refractivity contribution in [3.05, 3.63) is 70.1 Å². The molecule has 0 aliphatic heterocycles. The molecule has 6 nitrogen and oxygen atoms in total. The lowest BCUT2D eigenvalue weighted by Crippen LogP contribution is -2.07. The first-order valence-corrected chi connectivity index (χ1v) is 8.66. The molecule has 0 aliphatic rings. The van der Waals surface area contributed by atoms with Gasteiger partial charge < -0.3 is 14.3 Å². The average Bonchev–Trinajstić information content (AvgIpc) is 2.68. The summed E-state index contributed by atoms with van der Waals surface area (Å²) >= 11 is 0. The van der Waals surface area contributed by atoms with Gasteiger partial charge in [0.05, 0.1) is 23.2 Å². The first-order valence-electron chi connectivity index (χ1n) is 8.66. The molecule has 0 radical (unpaired) electrons. The van der Waals surface area contributed by atoms with Crippen LogP contribution in [0.25, 0.3) is 11.0 Å². The quantitative estimate of drug-likeness (QED) is 0.306. The fourth-order valence-corrected chi connectivity index (χ4v) is 2.48. The third-order valence-electron chi connectivity index (χ3n) is 4.00. The molecule has 0 bridgehead atoms. The van der Waals surface area contributed by atoms with Gasteiger partial charge in [-0.15, -0.1) is 0 Å². The van der Waals surface area contributed by atoms with Gasteiger partial charge in [0.2, 0.25) is 0 Å². The van der Waals surface area contributed by atoms with Crippen molar-refractivity contribution in [2.75, 3.05) is 6.61 Å². The summed E-state index contributed by atoms with van der Waals surface area (Å²) in [5.74, 6) is -0.562. The molecule has 1 N–H and O–H groups in total. The summed E-state index contributed by atoms with van der Waals surface area (Å²) in [5, 5.41) is 10.7. The van der Waals surface area contributed by atoms with Crippen LogP contribution in [0.4, 0.5) is 5.69 Å². The van der Waals surface area contributed by atoms with E-state index in [2.05, 4.69) is 4.99 Å². The van der Waals surface area contributed by atoms with Crippen LogP contribution >= 0.6 is 0 Å². The molecule has 0 aliphatic carbocycles. The third-order valence-corrected chi connectivity index (χ3v) is 4.00. The van der Waals surface area contributed by atoms with Crippen LogP contribution in [0.3, 0.4) is 0 Å². The Kier molecular flexibility index (Phi) is 5.66. The molecule has 0 saturated heterocycles. The highest BCUT2D eigenvalue weighted by atomic mass is 16.5. The zero-order chi connectivity index (χ0) is 19.2. The number of hydrogen-bond acceptors (Lipinski definition) is 6. The van der Waals surface area contributed by atoms with Gasteiger partial charge >= 0.3 is 11.6 Å². The van der Waals surface area contributed by atoms with E-state index in [4.69, 9.17) is 9.15 Å². The van der Waals surface area contributed by atoms with E-state index in [0.717, 1.165) is 12.8 Å². The maximum absolute atomic E-state index is 12.1. The van der Waals surface area contributed by atoms with E-state index < -0.39 is 5.63 Å². The minimum Gasteiger partial charge on any atom is -0.506 e. The molecule has 0 unspecified atom stereocenters. The molecule has 1 heterocycles. The van der Waals surface area contributed by atoms with Gasteiger partial charge in [-0.25, -0.2) is 9.59 Å². The van der Waals surface area contributed by atoms with Crippen LogP contribution in [-0.2, 0) is 4.74 Å². The minimum atomic E-state index is -0.675. The van der Waals surface area contributed by atoms with E-state index in [1.165, 1.54) is 6.21 Å². The Morgan fingerprint density at radius 2 is 1.93 bits per heavy atom. The van der Waals surface area contributed by atoms with Crippen molar-refractivity contribution in [1.29, 1.82) is 0 Å². The molecule has 0 amide bonds. The number of unbranched alkanes of at least 4 members (excludes halogenated alkanes) is 1. The summed E-state index contributed by atoms with van der Waals surface area (Å²) < 4.78 is 10.3. The van der Waals surface area contributed by atoms with Crippen LogP contribution in [0.1, 0.15) is 35.7 Å². The van der Waals surface area contributed by atoms with Gasteiger partial charge in [0.1, 0.15) is 16.9 Å². The lowest BCUT2D eigenvalue weighted by molar-refractivity contribution is 0.0500. The molecule has 3 aromatic rings. The largest absolute Gasteiger partial charge is 0.506 e. The van der Waals surface area contributed by atoms with E-state index >= 15 is 0 Å². The maximum atomic E-state index is 12.1. The lowest BCUT2D eigenvalue weighted by atomic mass is 10.1. The van der Waals surface area contributed by atoms with Crippen molar-refractivity contribution >= 4 is 28.8 Å². The van der Waals surface area contributed by atoms with Crippen molar-refractivity contribution in [2.24, 2.45) is 4.99 Å². The van der Waals surface area contributed by atoms with Crippen LogP contribution in [-0.4, -0.2) is 23.9 Å². The Balaban J connectivity index is 1.79. The average molecular weight is 365 g/mol. The molecule has 0 fully saturated rings. The van der Waals surface area contributed by atoms with Gasteiger partial charge in [0, 0.05) is 6.21 Å². The molecule has 0 saturated carbocycles. The van der Waals surface area contributed by atoms with E-state index in [0.29, 0.717) is 28.8 Å². The number of esters is 1. The second-order valence-electron chi connectivity index (χ2n) is 5.94. The molecular formula is C21H19NO5. The number of fused-ring (bicyclic) bond motifs is 1. The number of para-hydroxylation sites is 1. The van der Waals surface area contributed by atoms with Crippen LogP contribution < -0.4 is 5.63 Å². The van der Waals surface area contributed by atoms with Crippen LogP contribution in [0.5, 0.6) is 5.75 Å². The van der Waals surface area contributed by atoms with Gasteiger partial charge in [0.15, 0.2) is 0 Å². The summed E-state index contributed by atoms with van der Waals surface area (Å²) in [7, 11) is 0. The summed E-state index contributed by atoms with van der Waals surface area (Å²) in [4.78, 5) is 28.1. The van der Waals surface area contributed by atoms with Crippen molar-refractivity contribution in [3.63, 3.8) is 0 Å². The fraction of sp³-hybridized carbons (Fsp3) is 0.190. The van der Waals surface area contributed by atoms with Crippen molar-refractivity contribution in [2.45, 2.75) is 19.8 Å². The number of ether oxygens (including phenoxy) is 1. The highest BCUT2D eigenvalue weighted by Crippen LogP contribution is 2.25. The zero-order valence-corrected chi connectivity index (χ0v) is 14.8. The van der Waals surface area contributed by atoms with Crippen molar-refractivity contribution < 1.29 is 19.1 Å². The maximum Gasteiger partial charge on any atom is 0.348 e. The fourth-order valence-electron chi connectivity index (χ4n) is 2.48. The highest BCUT2D eigenvalue weighted by molar-refractivity contribution is 5.94. The molecule has 0 spiro atoms. The van der Waals surface area contributed by atoms with Crippen LogP contribution in [0.15, 0.2) is 62.7 Å². The van der Waals surface area contributed by atoms with Crippen LogP contribution in [0.2, 0.25) is 0 Å². The SMILES string of the molecule is CCCCOC(=O)c1ccc(N=Cc2c(O)c3ccccc3oc2=O)cc1. The van der Waals surface area contributed by atoms with Gasteiger partial charge in [-0.3, -0.25) is 4.99 Å². The van der Waals surface area contributed by atoms with E-state index in [1.807, 2.05) is 6.92 Å². The van der Waals surface area contributed by atoms with Crippen LogP contribution in [0, 0.1) is 0 Å². The number of aromatic hydroxyl groups is 1. The topological polar surface area (TPSA) is 89.1 Å². The highest BCUT2D eigenvalue weighted by Gasteiger charge is 2.12. The molecule has 6 heteroatoms. The molecule has 27 heavy (non-hydrogen) atoms. The number of carbonyl (C=O) groups excluding carboxylic acids is 1. The standard InChI is InChI=1S/C21H19NO5/c1-2-3-12-26-20(24)14-8-10-15(11-9-14)22-13-17-19(23)16-6-4-5-7-18(16)27-21(17)25/h4-11,13,23H,2-3,12H2,1H3. The Morgan fingerprint density at radius 3 is 2.67 bits per heavy atom. The minimum absolute atomic E-state index is 0.0308. The molecular weight excluding hydrogens is 346 g/mol. The predicted molar refractivity (Wildman–Crippen MR) is 103 cm³/mol. The number of aliphatic imine (C=N–C) groups is 1. The summed E-state index contributed by atoms with van der Waals surface area (Å²) in [6, 6.07) is 13.2. The summed E-state index contributed by atoms with van der Waals surface area (Å²) in [6.45, 7) is 2.42. The first kappa shape index (κ1) is 18.4. The van der Waals surface area contributed by atoms with Gasteiger partial charge in [-0.1, -0.05) is 25.5 Å². The summed E-state index contributed by atoms with van der Waals surface area (Å²) in [6.07, 6.45) is 3.03. The lowest BCUT2D eigenvalue weighted by Gasteiger charge is -2.04. The molecule has 3 rings (SSSR count). The third kappa shape index (κ3) is 4.23. The number of hydrogen-bond donors (Lipinski definition) is 1. The Labute approximate surface area is 155 Å². The number of carbonyl (C=O) groups is 1. The number of nitrogens with zero attached hydrogens (tertiary/aromatic N) is 1. The molecule has 0 atom stereocenters. The monoisotopic (exact) mass is 365 g/mol. The second-order valence-corrected chi connectivity index (χ2v) is 5.94. The first-order chi connectivity index (χ1) is 13.1. The van der Waals surface area contributed by atoms with Crippen molar-refractivity contribution in [3.8, 4) is 5.75 Å². The van der Waals surface area contributed by atoms with Gasteiger partial charge in [-0.05, 0) is 42.8 Å². The number of benzene rings is 2. The second kappa shape index (κ2) is 8.31. The smallest absolute Gasteiger partial charge is 0.348 e. The Morgan fingerprint density at radius 1 is 1.19 bits per heavy atom. The molecule has 138 valence electrons. The number of rotatable bonds is 6. The van der Waals surface area contributed by atoms with Gasteiger partial charge in [-0.2, -0.15) is 0 Å². The predicted octanol–water partition coefficient (Wildman–Crippen LogP) is 4.21. The Bertz CT molecular complexity index is 1030. The van der Waals surface area contributed by atoms with E-state index in [1.54, 1.807) is 48.5 Å². The molecule has 1 aromatic heterocycles. The Hall–Kier alpha value is -3.41. The van der Waals surface area contributed by atoms with E-state index in [-0.39, 0.29) is 17.3 Å². The van der Waals surface area contributed by atoms with E-state index in [9.17, 15) is 14.7 Å². The van der Waals surface area contributed by atoms with Gasteiger partial charge in [0.25, 0.3) is 0 Å². The molecule has 2 aromatic carbocycles. The zero-order valence-electron chi connectivity index (χ0n) is 14.8. The van der Waals surface area contributed by atoms with Crippen molar-refractivity contribution in [1.82, 2.24) is 0 Å². The normalized spacial score (nSPS) is 11.1.